The second-order valence-corrected chi connectivity index (χ2v) is 5.97. The molecule has 0 fully saturated rings. The summed E-state index contributed by atoms with van der Waals surface area (Å²) in [5.41, 5.74) is 1.15. The quantitative estimate of drug-likeness (QED) is 0.920. The predicted octanol–water partition coefficient (Wildman–Crippen LogP) is 2.56. The molecule has 0 aliphatic rings. The van der Waals surface area contributed by atoms with Crippen LogP contribution in [0.5, 0.6) is 5.75 Å². The minimum absolute atomic E-state index is 0.134. The Labute approximate surface area is 123 Å². The van der Waals surface area contributed by atoms with Crippen molar-refractivity contribution in [1.29, 1.82) is 5.26 Å². The molecule has 0 aliphatic heterocycles. The summed E-state index contributed by atoms with van der Waals surface area (Å²) in [6, 6.07) is 15.0. The molecule has 0 spiro atoms. The number of nitrogens with one attached hydrogen (secondary N) is 1. The van der Waals surface area contributed by atoms with E-state index in [1.165, 1.54) is 19.2 Å². The minimum Gasteiger partial charge on any atom is -0.495 e. The highest BCUT2D eigenvalue weighted by atomic mass is 32.2. The third-order valence-electron chi connectivity index (χ3n) is 2.87. The van der Waals surface area contributed by atoms with Gasteiger partial charge in [-0.05, 0) is 29.8 Å². The summed E-state index contributed by atoms with van der Waals surface area (Å²) in [6.45, 7) is 0. The second-order valence-electron chi connectivity index (χ2n) is 4.28. The van der Waals surface area contributed by atoms with Gasteiger partial charge in [0.1, 0.15) is 5.75 Å². The third kappa shape index (κ3) is 3.52. The van der Waals surface area contributed by atoms with Crippen LogP contribution in [0.3, 0.4) is 0 Å². The molecule has 1 N–H and O–H groups in total. The van der Waals surface area contributed by atoms with Crippen LogP contribution in [0.25, 0.3) is 0 Å². The molecular formula is C15H14N2O3S. The topological polar surface area (TPSA) is 79.2 Å². The number of ether oxygens (including phenoxy) is 1. The molecule has 21 heavy (non-hydrogen) atoms. The van der Waals surface area contributed by atoms with Gasteiger partial charge in [0.2, 0.25) is 0 Å². The Morgan fingerprint density at radius 1 is 1.14 bits per heavy atom. The molecule has 0 atom stereocenters. The molecule has 0 radical (unpaired) electrons. The molecule has 2 aromatic carbocycles. The normalized spacial score (nSPS) is 10.7. The zero-order valence-electron chi connectivity index (χ0n) is 11.4. The van der Waals surface area contributed by atoms with Crippen LogP contribution in [-0.4, -0.2) is 15.5 Å². The van der Waals surface area contributed by atoms with E-state index in [0.29, 0.717) is 11.4 Å². The molecule has 0 saturated carbocycles. The van der Waals surface area contributed by atoms with Crippen LogP contribution in [0, 0.1) is 11.3 Å². The van der Waals surface area contributed by atoms with E-state index in [1.54, 1.807) is 36.4 Å². The lowest BCUT2D eigenvalue weighted by Gasteiger charge is -2.11. The van der Waals surface area contributed by atoms with Crippen molar-refractivity contribution in [3.63, 3.8) is 0 Å². The van der Waals surface area contributed by atoms with Gasteiger partial charge in [-0.25, -0.2) is 8.42 Å². The number of sulfonamides is 1. The van der Waals surface area contributed by atoms with Gasteiger partial charge in [-0.2, -0.15) is 5.26 Å². The van der Waals surface area contributed by atoms with Gasteiger partial charge in [0.15, 0.2) is 0 Å². The first kappa shape index (κ1) is 14.9. The molecule has 0 saturated heterocycles. The van der Waals surface area contributed by atoms with E-state index in [0.717, 1.165) is 5.56 Å². The molecule has 5 nitrogen and oxygen atoms in total. The second kappa shape index (κ2) is 6.29. The van der Waals surface area contributed by atoms with Crippen LogP contribution in [0.1, 0.15) is 5.56 Å². The van der Waals surface area contributed by atoms with Crippen molar-refractivity contribution in [1.82, 2.24) is 0 Å². The summed E-state index contributed by atoms with van der Waals surface area (Å²) >= 11 is 0. The van der Waals surface area contributed by atoms with Crippen LogP contribution in [0.2, 0.25) is 0 Å². The standard InChI is InChI=1S/C15H14N2O3S/c1-20-15-5-3-2-4-14(15)17-21(18,19)13-8-6-12(7-9-13)10-11-16/h2-9,17H,10H2,1H3. The predicted molar refractivity (Wildman–Crippen MR) is 79.6 cm³/mol. The van der Waals surface area contributed by atoms with E-state index in [2.05, 4.69) is 4.72 Å². The molecule has 2 aromatic rings. The maximum absolute atomic E-state index is 12.3. The maximum Gasteiger partial charge on any atom is 0.262 e. The highest BCUT2D eigenvalue weighted by Crippen LogP contribution is 2.26. The minimum atomic E-state index is -3.69. The zero-order valence-corrected chi connectivity index (χ0v) is 12.2. The number of nitriles is 1. The van der Waals surface area contributed by atoms with Crippen molar-refractivity contribution >= 4 is 15.7 Å². The lowest BCUT2D eigenvalue weighted by atomic mass is 10.2. The lowest BCUT2D eigenvalue weighted by Crippen LogP contribution is -2.13. The summed E-state index contributed by atoms with van der Waals surface area (Å²) in [7, 11) is -2.21. The number of para-hydroxylation sites is 2. The number of hydrogen-bond acceptors (Lipinski definition) is 4. The van der Waals surface area contributed by atoms with E-state index in [1.807, 2.05) is 6.07 Å². The average Bonchev–Trinajstić information content (AvgIpc) is 2.48. The lowest BCUT2D eigenvalue weighted by molar-refractivity contribution is 0.417. The monoisotopic (exact) mass is 302 g/mol. The Morgan fingerprint density at radius 2 is 1.81 bits per heavy atom. The summed E-state index contributed by atoms with van der Waals surface area (Å²) in [5, 5.41) is 8.61. The van der Waals surface area contributed by atoms with Gasteiger partial charge < -0.3 is 4.74 Å². The first-order chi connectivity index (χ1) is 10.1. The summed E-state index contributed by atoms with van der Waals surface area (Å²) in [4.78, 5) is 0.134. The van der Waals surface area contributed by atoms with Crippen LogP contribution in [0.4, 0.5) is 5.69 Å². The van der Waals surface area contributed by atoms with E-state index in [4.69, 9.17) is 10.00 Å². The number of rotatable bonds is 5. The number of methoxy groups -OCH3 is 1. The van der Waals surface area contributed by atoms with Gasteiger partial charge in [0, 0.05) is 0 Å². The smallest absolute Gasteiger partial charge is 0.262 e. The molecule has 0 unspecified atom stereocenters. The summed E-state index contributed by atoms with van der Waals surface area (Å²) in [5.74, 6) is 0.446. The van der Waals surface area contributed by atoms with Crippen LogP contribution < -0.4 is 9.46 Å². The van der Waals surface area contributed by atoms with Crippen molar-refractivity contribution in [3.8, 4) is 11.8 Å². The summed E-state index contributed by atoms with van der Waals surface area (Å²) < 4.78 is 32.2. The molecule has 2 rings (SSSR count). The van der Waals surface area contributed by atoms with Crippen LogP contribution >= 0.6 is 0 Å². The average molecular weight is 302 g/mol. The number of benzene rings is 2. The van der Waals surface area contributed by atoms with Crippen molar-refractivity contribution in [2.45, 2.75) is 11.3 Å². The number of nitrogens with zero attached hydrogens (tertiary/aromatic N) is 1. The van der Waals surface area contributed by atoms with Crippen molar-refractivity contribution in [2.24, 2.45) is 0 Å². The van der Waals surface area contributed by atoms with Gasteiger partial charge in [0.25, 0.3) is 10.0 Å². The van der Waals surface area contributed by atoms with Crippen LogP contribution in [0.15, 0.2) is 53.4 Å². The van der Waals surface area contributed by atoms with E-state index in [9.17, 15) is 8.42 Å². The molecule has 0 bridgehead atoms. The molecule has 6 heteroatoms. The Balaban J connectivity index is 2.28. The molecule has 0 heterocycles. The third-order valence-corrected chi connectivity index (χ3v) is 4.25. The highest BCUT2D eigenvalue weighted by Gasteiger charge is 2.16. The van der Waals surface area contributed by atoms with Gasteiger partial charge in [-0.3, -0.25) is 4.72 Å². The van der Waals surface area contributed by atoms with Gasteiger partial charge in [-0.1, -0.05) is 24.3 Å². The molecule has 0 aromatic heterocycles. The molecule has 0 amide bonds. The largest absolute Gasteiger partial charge is 0.495 e. The Hall–Kier alpha value is -2.52. The van der Waals surface area contributed by atoms with E-state index < -0.39 is 10.0 Å². The van der Waals surface area contributed by atoms with Crippen molar-refractivity contribution in [3.05, 3.63) is 54.1 Å². The van der Waals surface area contributed by atoms with Gasteiger partial charge in [-0.15, -0.1) is 0 Å². The van der Waals surface area contributed by atoms with Crippen LogP contribution in [-0.2, 0) is 16.4 Å². The van der Waals surface area contributed by atoms with E-state index in [-0.39, 0.29) is 11.3 Å². The molecule has 0 aliphatic carbocycles. The fourth-order valence-electron chi connectivity index (χ4n) is 1.81. The Bertz CT molecular complexity index is 762. The van der Waals surface area contributed by atoms with Crippen molar-refractivity contribution in [2.75, 3.05) is 11.8 Å². The SMILES string of the molecule is COc1ccccc1NS(=O)(=O)c1ccc(CC#N)cc1. The van der Waals surface area contributed by atoms with Gasteiger partial charge in [0.05, 0.1) is 30.2 Å². The number of hydrogen-bond donors (Lipinski definition) is 1. The van der Waals surface area contributed by atoms with Crippen molar-refractivity contribution < 1.29 is 13.2 Å². The van der Waals surface area contributed by atoms with Gasteiger partial charge >= 0.3 is 0 Å². The first-order valence-electron chi connectivity index (χ1n) is 6.18. The Kier molecular flexibility index (Phi) is 4.45. The fraction of sp³-hybridized carbons (Fsp3) is 0.133. The highest BCUT2D eigenvalue weighted by molar-refractivity contribution is 7.92. The fourth-order valence-corrected chi connectivity index (χ4v) is 2.88. The first-order valence-corrected chi connectivity index (χ1v) is 7.67. The number of anilines is 1. The zero-order chi connectivity index (χ0) is 15.3. The molecular weight excluding hydrogens is 288 g/mol. The Morgan fingerprint density at radius 3 is 2.43 bits per heavy atom. The molecule has 108 valence electrons. The maximum atomic E-state index is 12.3. The van der Waals surface area contributed by atoms with E-state index >= 15 is 0 Å². The summed E-state index contributed by atoms with van der Waals surface area (Å²) in [6.07, 6.45) is 0.250.